The van der Waals surface area contributed by atoms with Gasteiger partial charge in [-0.25, -0.2) is 12.8 Å². The molecule has 0 saturated heterocycles. The maximum absolute atomic E-state index is 13.0. The summed E-state index contributed by atoms with van der Waals surface area (Å²) >= 11 is 1.53. The van der Waals surface area contributed by atoms with Crippen molar-refractivity contribution < 1.29 is 17.6 Å². The Hall–Kier alpha value is -1.90. The number of amides is 1. The van der Waals surface area contributed by atoms with Gasteiger partial charge in [-0.05, 0) is 67.2 Å². The summed E-state index contributed by atoms with van der Waals surface area (Å²) in [5.74, 6) is -0.134. The van der Waals surface area contributed by atoms with Crippen LogP contribution < -0.4 is 10.0 Å². The number of halogens is 1. The van der Waals surface area contributed by atoms with E-state index in [0.717, 1.165) is 11.1 Å². The van der Waals surface area contributed by atoms with E-state index in [-0.39, 0.29) is 17.3 Å². The van der Waals surface area contributed by atoms with E-state index in [4.69, 9.17) is 0 Å². The number of carbonyl (C=O) groups is 1. The highest BCUT2D eigenvalue weighted by atomic mass is 32.2. The monoisotopic (exact) mass is 424 g/mol. The van der Waals surface area contributed by atoms with Crippen LogP contribution in [0.3, 0.4) is 0 Å². The lowest BCUT2D eigenvalue weighted by molar-refractivity contribution is -0.122. The third-order valence-electron chi connectivity index (χ3n) is 4.24. The van der Waals surface area contributed by atoms with Crippen LogP contribution in [0, 0.1) is 19.7 Å². The first-order valence-electron chi connectivity index (χ1n) is 8.83. The molecule has 0 fully saturated rings. The van der Waals surface area contributed by atoms with E-state index < -0.39 is 22.0 Å². The number of rotatable bonds is 9. The fraction of sp³-hybridized carbons (Fsp3) is 0.350. The van der Waals surface area contributed by atoms with Crippen molar-refractivity contribution in [3.63, 3.8) is 0 Å². The molecule has 2 aromatic carbocycles. The van der Waals surface area contributed by atoms with Gasteiger partial charge in [0, 0.05) is 6.54 Å². The lowest BCUT2D eigenvalue weighted by Gasteiger charge is -2.19. The van der Waals surface area contributed by atoms with Gasteiger partial charge >= 0.3 is 0 Å². The number of aryl methyl sites for hydroxylation is 2. The number of hydrogen-bond donors (Lipinski definition) is 2. The molecule has 1 atom stereocenters. The van der Waals surface area contributed by atoms with Gasteiger partial charge in [-0.3, -0.25) is 4.79 Å². The molecule has 0 spiro atoms. The minimum Gasteiger partial charge on any atom is -0.351 e. The molecule has 0 radical (unpaired) electrons. The molecule has 0 aliphatic rings. The normalized spacial score (nSPS) is 12.6. The molecule has 28 heavy (non-hydrogen) atoms. The van der Waals surface area contributed by atoms with Crippen LogP contribution in [-0.4, -0.2) is 32.4 Å². The average Bonchev–Trinajstić information content (AvgIpc) is 2.66. The van der Waals surface area contributed by atoms with Crippen LogP contribution in [0.25, 0.3) is 0 Å². The summed E-state index contributed by atoms with van der Waals surface area (Å²) in [6, 6.07) is 10.1. The van der Waals surface area contributed by atoms with Crippen molar-refractivity contribution in [1.29, 1.82) is 0 Å². The van der Waals surface area contributed by atoms with Crippen molar-refractivity contribution in [2.24, 2.45) is 0 Å². The minimum atomic E-state index is -3.85. The largest absolute Gasteiger partial charge is 0.351 e. The van der Waals surface area contributed by atoms with Crippen LogP contribution in [0.1, 0.15) is 23.1 Å². The van der Waals surface area contributed by atoms with Crippen LogP contribution in [0.5, 0.6) is 0 Å². The number of sulfonamides is 1. The Bertz CT molecular complexity index is 916. The summed E-state index contributed by atoms with van der Waals surface area (Å²) in [5, 5.41) is 2.73. The van der Waals surface area contributed by atoms with Gasteiger partial charge in [-0.2, -0.15) is 16.5 Å². The predicted octanol–water partition coefficient (Wildman–Crippen LogP) is 3.16. The topological polar surface area (TPSA) is 75.3 Å². The zero-order valence-electron chi connectivity index (χ0n) is 16.2. The van der Waals surface area contributed by atoms with Crippen molar-refractivity contribution in [2.45, 2.75) is 37.8 Å². The average molecular weight is 425 g/mol. The van der Waals surface area contributed by atoms with Crippen LogP contribution in [0.2, 0.25) is 0 Å². The fourth-order valence-electron chi connectivity index (χ4n) is 2.64. The van der Waals surface area contributed by atoms with E-state index in [1.54, 1.807) is 31.2 Å². The van der Waals surface area contributed by atoms with Gasteiger partial charge in [-0.15, -0.1) is 0 Å². The van der Waals surface area contributed by atoms with E-state index in [2.05, 4.69) is 10.0 Å². The molecular formula is C20H25FN2O3S2. The second kappa shape index (κ2) is 10.0. The SMILES string of the molecule is CSCC[C@@H](NS(=O)(=O)c1cc(C)ccc1C)C(=O)NCc1ccc(F)cc1. The first-order chi connectivity index (χ1) is 13.2. The molecule has 5 nitrogen and oxygen atoms in total. The molecule has 2 N–H and O–H groups in total. The maximum Gasteiger partial charge on any atom is 0.241 e. The fourth-order valence-corrected chi connectivity index (χ4v) is 4.67. The summed E-state index contributed by atoms with van der Waals surface area (Å²) < 4.78 is 41.2. The van der Waals surface area contributed by atoms with Gasteiger partial charge in [0.15, 0.2) is 0 Å². The second-order valence-corrected chi connectivity index (χ2v) is 9.24. The van der Waals surface area contributed by atoms with Crippen LogP contribution in [0.15, 0.2) is 47.4 Å². The molecule has 152 valence electrons. The van der Waals surface area contributed by atoms with Crippen LogP contribution in [0.4, 0.5) is 4.39 Å². The number of hydrogen-bond acceptors (Lipinski definition) is 4. The Morgan fingerprint density at radius 3 is 2.46 bits per heavy atom. The molecule has 2 rings (SSSR count). The van der Waals surface area contributed by atoms with Gasteiger partial charge in [-0.1, -0.05) is 24.3 Å². The quantitative estimate of drug-likeness (QED) is 0.648. The van der Waals surface area contributed by atoms with E-state index in [9.17, 15) is 17.6 Å². The smallest absolute Gasteiger partial charge is 0.241 e. The molecule has 1 amide bonds. The zero-order chi connectivity index (χ0) is 20.7. The molecule has 0 aliphatic heterocycles. The van der Waals surface area contributed by atoms with Crippen molar-refractivity contribution in [3.05, 3.63) is 65.0 Å². The van der Waals surface area contributed by atoms with Crippen LogP contribution >= 0.6 is 11.8 Å². The highest BCUT2D eigenvalue weighted by molar-refractivity contribution is 7.98. The van der Waals surface area contributed by atoms with Gasteiger partial charge in [0.2, 0.25) is 15.9 Å². The summed E-state index contributed by atoms with van der Waals surface area (Å²) in [4.78, 5) is 12.8. The summed E-state index contributed by atoms with van der Waals surface area (Å²) in [7, 11) is -3.85. The molecule has 8 heteroatoms. The standard InChI is InChI=1S/C20H25FN2O3S2/c1-14-4-5-15(2)19(12-14)28(25,26)23-18(10-11-27-3)20(24)22-13-16-6-8-17(21)9-7-16/h4-9,12,18,23H,10-11,13H2,1-3H3,(H,22,24)/t18-/m1/s1. The zero-order valence-corrected chi connectivity index (χ0v) is 17.8. The summed E-state index contributed by atoms with van der Waals surface area (Å²) in [5.41, 5.74) is 2.18. The third kappa shape index (κ3) is 6.32. The molecule has 0 bridgehead atoms. The Balaban J connectivity index is 2.14. The van der Waals surface area contributed by atoms with Crippen molar-refractivity contribution in [2.75, 3.05) is 12.0 Å². The van der Waals surface area contributed by atoms with Crippen LogP contribution in [-0.2, 0) is 21.4 Å². The Labute approximate surface area is 170 Å². The third-order valence-corrected chi connectivity index (χ3v) is 6.50. The van der Waals surface area contributed by atoms with Crippen molar-refractivity contribution in [3.8, 4) is 0 Å². The Kier molecular flexibility index (Phi) is 8.03. The Morgan fingerprint density at radius 2 is 1.82 bits per heavy atom. The minimum absolute atomic E-state index is 0.174. The molecule has 0 aromatic heterocycles. The lowest BCUT2D eigenvalue weighted by Crippen LogP contribution is -2.46. The van der Waals surface area contributed by atoms with Gasteiger partial charge < -0.3 is 5.32 Å². The van der Waals surface area contributed by atoms with Crippen molar-refractivity contribution >= 4 is 27.7 Å². The number of nitrogens with one attached hydrogen (secondary N) is 2. The second-order valence-electron chi connectivity index (χ2n) is 6.57. The summed E-state index contributed by atoms with van der Waals surface area (Å²) in [6.45, 7) is 3.73. The molecule has 0 saturated carbocycles. The van der Waals surface area contributed by atoms with Gasteiger partial charge in [0.1, 0.15) is 11.9 Å². The molecular weight excluding hydrogens is 399 g/mol. The number of carbonyl (C=O) groups excluding carboxylic acids is 1. The van der Waals surface area contributed by atoms with Gasteiger partial charge in [0.25, 0.3) is 0 Å². The van der Waals surface area contributed by atoms with Gasteiger partial charge in [0.05, 0.1) is 4.90 Å². The highest BCUT2D eigenvalue weighted by Crippen LogP contribution is 2.18. The molecule has 0 aliphatic carbocycles. The van der Waals surface area contributed by atoms with E-state index in [0.29, 0.717) is 17.7 Å². The molecule has 2 aromatic rings. The van der Waals surface area contributed by atoms with E-state index in [1.165, 1.54) is 23.9 Å². The predicted molar refractivity (Wildman–Crippen MR) is 111 cm³/mol. The van der Waals surface area contributed by atoms with E-state index >= 15 is 0 Å². The van der Waals surface area contributed by atoms with E-state index in [1.807, 2.05) is 19.2 Å². The first kappa shape index (κ1) is 22.4. The number of benzene rings is 2. The molecule has 0 unspecified atom stereocenters. The lowest BCUT2D eigenvalue weighted by atomic mass is 10.2. The molecule has 0 heterocycles. The number of thioether (sulfide) groups is 1. The summed E-state index contributed by atoms with van der Waals surface area (Å²) in [6.07, 6.45) is 2.26. The first-order valence-corrected chi connectivity index (χ1v) is 11.7. The highest BCUT2D eigenvalue weighted by Gasteiger charge is 2.26. The maximum atomic E-state index is 13.0. The Morgan fingerprint density at radius 1 is 1.14 bits per heavy atom. The van der Waals surface area contributed by atoms with Crippen molar-refractivity contribution in [1.82, 2.24) is 10.0 Å².